The minimum atomic E-state index is -0.777. The van der Waals surface area contributed by atoms with E-state index >= 15 is 0 Å². The second-order valence-corrected chi connectivity index (χ2v) is 14.0. The Morgan fingerprint density at radius 2 is 0.878 bits per heavy atom. The van der Waals surface area contributed by atoms with Gasteiger partial charge in [-0.3, -0.25) is 9.59 Å². The molecule has 286 valence electrons. The second kappa shape index (κ2) is 40.5. The maximum atomic E-state index is 12.2. The Bertz CT molecular complexity index is 786. The zero-order valence-corrected chi connectivity index (χ0v) is 32.5. The molecule has 0 spiro atoms. The van der Waals surface area contributed by atoms with Gasteiger partial charge in [-0.2, -0.15) is 0 Å². The van der Waals surface area contributed by atoms with Gasteiger partial charge < -0.3 is 14.6 Å². The summed E-state index contributed by atoms with van der Waals surface area (Å²) < 4.78 is 10.6. The zero-order chi connectivity index (χ0) is 35.7. The van der Waals surface area contributed by atoms with Crippen LogP contribution in [0, 0.1) is 0 Å². The lowest BCUT2D eigenvalue weighted by molar-refractivity contribution is -0.161. The van der Waals surface area contributed by atoms with Crippen LogP contribution in [0.2, 0.25) is 0 Å². The van der Waals surface area contributed by atoms with E-state index < -0.39 is 6.10 Å². The average Bonchev–Trinajstić information content (AvgIpc) is 3.10. The quantitative estimate of drug-likeness (QED) is 0.0397. The van der Waals surface area contributed by atoms with Crippen LogP contribution >= 0.6 is 0 Å². The van der Waals surface area contributed by atoms with Crippen molar-refractivity contribution in [3.8, 4) is 0 Å². The minimum Gasteiger partial charge on any atom is -0.462 e. The molecule has 0 aliphatic rings. The smallest absolute Gasteiger partial charge is 0.306 e. The van der Waals surface area contributed by atoms with Crippen LogP contribution in [0.5, 0.6) is 0 Å². The van der Waals surface area contributed by atoms with E-state index in [0.717, 1.165) is 70.6 Å². The summed E-state index contributed by atoms with van der Waals surface area (Å²) >= 11 is 0. The van der Waals surface area contributed by atoms with E-state index in [1.165, 1.54) is 116 Å². The van der Waals surface area contributed by atoms with Gasteiger partial charge in [0.25, 0.3) is 0 Å². The number of unbranched alkanes of at least 4 members (excludes halogenated alkanes) is 24. The van der Waals surface area contributed by atoms with Gasteiger partial charge in [-0.15, -0.1) is 0 Å². The summed E-state index contributed by atoms with van der Waals surface area (Å²) in [4.78, 5) is 24.3. The summed E-state index contributed by atoms with van der Waals surface area (Å²) in [5.74, 6) is -0.603. The lowest BCUT2D eigenvalue weighted by atomic mass is 10.0. The predicted octanol–water partition coefficient (Wildman–Crippen LogP) is 13.2. The molecule has 0 aliphatic heterocycles. The van der Waals surface area contributed by atoms with E-state index in [9.17, 15) is 14.7 Å². The average molecular weight is 689 g/mol. The third-order valence-electron chi connectivity index (χ3n) is 9.20. The monoisotopic (exact) mass is 689 g/mol. The molecule has 0 aromatic heterocycles. The Hall–Kier alpha value is -1.88. The lowest BCUT2D eigenvalue weighted by Crippen LogP contribution is -2.28. The molecule has 0 radical (unpaired) electrons. The molecule has 0 aliphatic carbocycles. The summed E-state index contributed by atoms with van der Waals surface area (Å²) in [7, 11) is 0. The number of ether oxygens (including phenoxy) is 2. The van der Waals surface area contributed by atoms with Gasteiger partial charge in [0.1, 0.15) is 6.61 Å². The number of allylic oxidation sites excluding steroid dienone is 6. The number of carbonyl (C=O) groups excluding carboxylic acids is 2. The maximum absolute atomic E-state index is 12.2. The summed E-state index contributed by atoms with van der Waals surface area (Å²) in [6.07, 6.45) is 49.3. The molecule has 0 heterocycles. The minimum absolute atomic E-state index is 0.0700. The van der Waals surface area contributed by atoms with Crippen LogP contribution < -0.4 is 0 Å². The standard InChI is InChI=1S/C44H80O5/c1-3-5-7-9-11-13-15-17-19-20-21-22-23-25-26-28-30-32-34-36-38-43(46)48-41-42(40-45)49-44(47)39-37-35-33-31-29-27-24-18-16-14-12-10-8-6-4-2/h6,8,12,14,18,24,42,45H,3-5,7,9-11,13,15-17,19-23,25-41H2,1-2H3/b8-6+,14-12+,24-18+/t42-/m0/s1. The van der Waals surface area contributed by atoms with Gasteiger partial charge in [0, 0.05) is 12.8 Å². The van der Waals surface area contributed by atoms with E-state index in [-0.39, 0.29) is 25.2 Å². The molecular weight excluding hydrogens is 608 g/mol. The zero-order valence-electron chi connectivity index (χ0n) is 32.5. The van der Waals surface area contributed by atoms with Crippen LogP contribution in [0.1, 0.15) is 213 Å². The summed E-state index contributed by atoms with van der Waals surface area (Å²) in [5.41, 5.74) is 0. The van der Waals surface area contributed by atoms with Gasteiger partial charge in [0.05, 0.1) is 6.61 Å². The van der Waals surface area contributed by atoms with Crippen molar-refractivity contribution in [1.82, 2.24) is 0 Å². The van der Waals surface area contributed by atoms with Crippen molar-refractivity contribution in [1.29, 1.82) is 0 Å². The maximum Gasteiger partial charge on any atom is 0.306 e. The molecule has 1 N–H and O–H groups in total. The first-order valence-corrected chi connectivity index (χ1v) is 21.0. The highest BCUT2D eigenvalue weighted by Crippen LogP contribution is 2.15. The van der Waals surface area contributed by atoms with Crippen molar-refractivity contribution in [3.63, 3.8) is 0 Å². The predicted molar refractivity (Wildman–Crippen MR) is 210 cm³/mol. The van der Waals surface area contributed by atoms with Crippen molar-refractivity contribution >= 4 is 11.9 Å². The number of carbonyl (C=O) groups is 2. The van der Waals surface area contributed by atoms with Gasteiger partial charge in [0.2, 0.25) is 0 Å². The van der Waals surface area contributed by atoms with Gasteiger partial charge >= 0.3 is 11.9 Å². The Labute approximate surface area is 304 Å². The van der Waals surface area contributed by atoms with Crippen LogP contribution in [0.4, 0.5) is 0 Å². The second-order valence-electron chi connectivity index (χ2n) is 14.0. The van der Waals surface area contributed by atoms with Gasteiger partial charge in [0.15, 0.2) is 6.10 Å². The number of hydrogen-bond donors (Lipinski definition) is 1. The van der Waals surface area contributed by atoms with Crippen LogP contribution in [0.3, 0.4) is 0 Å². The molecule has 0 rings (SSSR count). The fraction of sp³-hybridized carbons (Fsp3) is 0.818. The number of rotatable bonds is 38. The van der Waals surface area contributed by atoms with E-state index in [2.05, 4.69) is 50.3 Å². The number of hydrogen-bond acceptors (Lipinski definition) is 5. The van der Waals surface area contributed by atoms with Crippen LogP contribution in [0.15, 0.2) is 36.5 Å². The Morgan fingerprint density at radius 3 is 1.33 bits per heavy atom. The molecule has 0 bridgehead atoms. The van der Waals surface area contributed by atoms with Crippen LogP contribution in [0.25, 0.3) is 0 Å². The molecule has 49 heavy (non-hydrogen) atoms. The van der Waals surface area contributed by atoms with Crippen molar-refractivity contribution < 1.29 is 24.2 Å². The highest BCUT2D eigenvalue weighted by atomic mass is 16.6. The molecule has 5 heteroatoms. The fourth-order valence-electron chi connectivity index (χ4n) is 6.04. The third-order valence-corrected chi connectivity index (χ3v) is 9.20. The number of aliphatic hydroxyl groups excluding tert-OH is 1. The molecule has 0 fully saturated rings. The van der Waals surface area contributed by atoms with Crippen molar-refractivity contribution in [2.75, 3.05) is 13.2 Å². The Balaban J connectivity index is 3.52. The molecule has 0 amide bonds. The van der Waals surface area contributed by atoms with Gasteiger partial charge in [-0.1, -0.05) is 192 Å². The van der Waals surface area contributed by atoms with Crippen molar-refractivity contribution in [2.24, 2.45) is 0 Å². The number of aliphatic hydroxyl groups is 1. The lowest BCUT2D eigenvalue weighted by Gasteiger charge is -2.15. The molecular formula is C44H80O5. The Morgan fingerprint density at radius 1 is 0.490 bits per heavy atom. The first-order valence-electron chi connectivity index (χ1n) is 21.0. The highest BCUT2D eigenvalue weighted by Gasteiger charge is 2.16. The first-order chi connectivity index (χ1) is 24.1. The number of esters is 2. The molecule has 0 saturated heterocycles. The molecule has 0 aromatic rings. The van der Waals surface area contributed by atoms with Gasteiger partial charge in [-0.25, -0.2) is 0 Å². The normalized spacial score (nSPS) is 12.5. The van der Waals surface area contributed by atoms with Crippen molar-refractivity contribution in [3.05, 3.63) is 36.5 Å². The third kappa shape index (κ3) is 38.8. The molecule has 0 saturated carbocycles. The van der Waals surface area contributed by atoms with Crippen molar-refractivity contribution in [2.45, 2.75) is 219 Å². The fourth-order valence-corrected chi connectivity index (χ4v) is 6.04. The topological polar surface area (TPSA) is 72.8 Å². The van der Waals surface area contributed by atoms with E-state index in [1.807, 2.05) is 0 Å². The summed E-state index contributed by atoms with van der Waals surface area (Å²) in [6.45, 7) is 4.03. The molecule has 5 nitrogen and oxygen atoms in total. The highest BCUT2D eigenvalue weighted by molar-refractivity contribution is 5.70. The van der Waals surface area contributed by atoms with Gasteiger partial charge in [-0.05, 0) is 44.9 Å². The summed E-state index contributed by atoms with van der Waals surface area (Å²) in [6, 6.07) is 0. The first kappa shape index (κ1) is 47.1. The largest absolute Gasteiger partial charge is 0.462 e. The van der Waals surface area contributed by atoms with Crippen LogP contribution in [-0.2, 0) is 19.1 Å². The van der Waals surface area contributed by atoms with Crippen LogP contribution in [-0.4, -0.2) is 36.4 Å². The Kier molecular flexibility index (Phi) is 39.0. The summed E-state index contributed by atoms with van der Waals surface area (Å²) in [5, 5.41) is 9.56. The van der Waals surface area contributed by atoms with E-state index in [4.69, 9.17) is 9.47 Å². The SMILES string of the molecule is CC/C=C/C/C=C/C/C=C/CCCCCCCC(=O)O[C@@H](CO)COC(=O)CCCCCCCCCCCCCCCCCCCCCC. The van der Waals surface area contributed by atoms with E-state index in [1.54, 1.807) is 0 Å². The molecule has 1 atom stereocenters. The molecule has 0 aromatic carbocycles. The molecule has 0 unspecified atom stereocenters. The van der Waals surface area contributed by atoms with E-state index in [0.29, 0.717) is 12.8 Å².